The Labute approximate surface area is 65.9 Å². The van der Waals surface area contributed by atoms with E-state index in [4.69, 9.17) is 4.74 Å². The molecule has 54 valence electrons. The van der Waals surface area contributed by atoms with Crippen LogP contribution in [0.25, 0.3) is 0 Å². The van der Waals surface area contributed by atoms with Crippen LogP contribution < -0.4 is 0 Å². The molecule has 2 nitrogen and oxygen atoms in total. The first kappa shape index (κ1) is 7.73. The Hall–Kier alpha value is -1.38. The van der Waals surface area contributed by atoms with E-state index in [1.165, 1.54) is 12.2 Å². The number of ether oxygens (including phenoxy) is 1. The maximum absolute atomic E-state index is 11.0. The predicted molar refractivity (Wildman–Crippen MR) is 45.7 cm³/mol. The number of hydrogen-bond acceptors (Lipinski definition) is 2. The van der Waals surface area contributed by atoms with Crippen molar-refractivity contribution in [2.75, 3.05) is 0 Å². The summed E-state index contributed by atoms with van der Waals surface area (Å²) in [6.07, 6.45) is 5.85. The van der Waals surface area contributed by atoms with Crippen molar-refractivity contribution in [1.29, 1.82) is 0 Å². The van der Waals surface area contributed by atoms with Gasteiger partial charge in [-0.05, 0) is 0 Å². The van der Waals surface area contributed by atoms with Crippen molar-refractivity contribution in [3.05, 3.63) is 36.1 Å². The molecule has 0 aromatic rings. The predicted octanol–water partition coefficient (Wildman–Crippen LogP) is 0.242. The zero-order valence-electron chi connectivity index (χ0n) is 6.04. The third-order valence-corrected chi connectivity index (χ3v) is 1.22. The van der Waals surface area contributed by atoms with Crippen LogP contribution in [0.4, 0.5) is 0 Å². The molecule has 3 heteroatoms. The van der Waals surface area contributed by atoms with Gasteiger partial charge in [0.1, 0.15) is 0 Å². The Morgan fingerprint density at radius 1 is 1.55 bits per heavy atom. The van der Waals surface area contributed by atoms with Crippen molar-refractivity contribution in [3.8, 4) is 0 Å². The zero-order chi connectivity index (χ0) is 8.27. The number of rotatable bonds is 2. The molecule has 0 spiro atoms. The average molecular weight is 146 g/mol. The van der Waals surface area contributed by atoms with Crippen molar-refractivity contribution in [3.63, 3.8) is 0 Å². The fraction of sp³-hybridized carbons (Fsp3) is 0. The Bertz CT molecular complexity index is 274. The minimum absolute atomic E-state index is 0.155. The molecule has 0 aromatic heterocycles. The van der Waals surface area contributed by atoms with Gasteiger partial charge < -0.3 is 0 Å². The standard InChI is InChI=1S/C8H7BO2/c1-6-2-3-7(10)8(4-6)11-5-9/h2-5,9H,1H2. The van der Waals surface area contributed by atoms with Gasteiger partial charge in [0.15, 0.2) is 0 Å². The summed E-state index contributed by atoms with van der Waals surface area (Å²) in [4.78, 5) is 11.0. The van der Waals surface area contributed by atoms with Gasteiger partial charge in [-0.15, -0.1) is 0 Å². The fourth-order valence-electron chi connectivity index (χ4n) is 0.734. The number of allylic oxidation sites excluding steroid dienone is 4. The molecule has 1 rings (SSSR count). The SMILES string of the molecule is B=COC1=CC(=C)C=CC1=O. The fourth-order valence-corrected chi connectivity index (χ4v) is 0.734. The van der Waals surface area contributed by atoms with E-state index in [9.17, 15) is 4.79 Å². The van der Waals surface area contributed by atoms with Gasteiger partial charge in [0.25, 0.3) is 0 Å². The molecule has 0 saturated carbocycles. The summed E-state index contributed by atoms with van der Waals surface area (Å²) in [6.45, 7) is 3.65. The van der Waals surface area contributed by atoms with Gasteiger partial charge in [-0.2, -0.15) is 0 Å². The van der Waals surface area contributed by atoms with Crippen molar-refractivity contribution < 1.29 is 9.53 Å². The third-order valence-electron chi connectivity index (χ3n) is 1.22. The summed E-state index contributed by atoms with van der Waals surface area (Å²) < 4.78 is 4.83. The maximum atomic E-state index is 11.0. The van der Waals surface area contributed by atoms with Gasteiger partial charge in [0.05, 0.1) is 0 Å². The molecule has 0 aromatic carbocycles. The van der Waals surface area contributed by atoms with Gasteiger partial charge in [0, 0.05) is 0 Å². The van der Waals surface area contributed by atoms with E-state index in [2.05, 4.69) is 14.1 Å². The molecule has 0 amide bonds. The Morgan fingerprint density at radius 2 is 2.27 bits per heavy atom. The van der Waals surface area contributed by atoms with Crippen LogP contribution in [0.3, 0.4) is 0 Å². The Morgan fingerprint density at radius 3 is 2.91 bits per heavy atom. The molecule has 0 saturated heterocycles. The van der Waals surface area contributed by atoms with Gasteiger partial charge in [-0.3, -0.25) is 0 Å². The summed E-state index contributed by atoms with van der Waals surface area (Å²) in [6, 6.07) is 0. The van der Waals surface area contributed by atoms with Crippen molar-refractivity contribution in [2.45, 2.75) is 0 Å². The molecule has 1 aliphatic rings. The molecule has 0 radical (unpaired) electrons. The van der Waals surface area contributed by atoms with Crippen LogP contribution in [-0.4, -0.2) is 19.4 Å². The van der Waals surface area contributed by atoms with Crippen molar-refractivity contribution in [2.24, 2.45) is 0 Å². The van der Waals surface area contributed by atoms with E-state index in [0.717, 1.165) is 5.57 Å². The summed E-state index contributed by atoms with van der Waals surface area (Å²) in [5, 5.41) is 0. The molecule has 0 heterocycles. The molecule has 0 fully saturated rings. The molecule has 0 aliphatic heterocycles. The van der Waals surface area contributed by atoms with Crippen molar-refractivity contribution in [1.82, 2.24) is 0 Å². The first-order chi connectivity index (χ1) is 5.24. The van der Waals surface area contributed by atoms with E-state index >= 15 is 0 Å². The van der Waals surface area contributed by atoms with Crippen LogP contribution in [0.2, 0.25) is 0 Å². The molecule has 0 bridgehead atoms. The average Bonchev–Trinajstić information content (AvgIpc) is 1.98. The summed E-state index contributed by atoms with van der Waals surface area (Å²) >= 11 is 0. The quantitative estimate of drug-likeness (QED) is 0.521. The van der Waals surface area contributed by atoms with Gasteiger partial charge in [-0.1, -0.05) is 0 Å². The Balaban J connectivity index is 2.84. The molecule has 0 atom stereocenters. The second-order valence-electron chi connectivity index (χ2n) is 2.07. The molecule has 0 N–H and O–H groups in total. The molecule has 11 heavy (non-hydrogen) atoms. The van der Waals surface area contributed by atoms with Crippen LogP contribution in [0, 0.1) is 0 Å². The topological polar surface area (TPSA) is 26.3 Å². The third kappa shape index (κ3) is 1.77. The van der Waals surface area contributed by atoms with Crippen LogP contribution in [0.5, 0.6) is 0 Å². The molecular formula is C8H7BO2. The van der Waals surface area contributed by atoms with Gasteiger partial charge >= 0.3 is 65.1 Å². The van der Waals surface area contributed by atoms with Gasteiger partial charge in [-0.25, -0.2) is 0 Å². The first-order valence-corrected chi connectivity index (χ1v) is 3.14. The Kier molecular flexibility index (Phi) is 2.21. The second-order valence-corrected chi connectivity index (χ2v) is 2.07. The molecule has 1 aliphatic carbocycles. The summed E-state index contributed by atoms with van der Waals surface area (Å²) in [5.74, 6) is 0.116. The van der Waals surface area contributed by atoms with Crippen LogP contribution in [0.15, 0.2) is 36.1 Å². The summed E-state index contributed by atoms with van der Waals surface area (Å²) in [7, 11) is 3.35. The zero-order valence-corrected chi connectivity index (χ0v) is 6.04. The molecule has 0 unspecified atom stereocenters. The van der Waals surface area contributed by atoms with Crippen LogP contribution in [0.1, 0.15) is 0 Å². The van der Waals surface area contributed by atoms with Crippen molar-refractivity contribution >= 4 is 19.4 Å². The summed E-state index contributed by atoms with van der Waals surface area (Å²) in [5.41, 5.74) is 0.751. The van der Waals surface area contributed by atoms with Gasteiger partial charge in [0.2, 0.25) is 0 Å². The number of hydrogen-bond donors (Lipinski definition) is 0. The van der Waals surface area contributed by atoms with E-state index in [0.29, 0.717) is 0 Å². The normalized spacial score (nSPS) is 16.1. The van der Waals surface area contributed by atoms with Crippen LogP contribution >= 0.6 is 0 Å². The van der Waals surface area contributed by atoms with Crippen LogP contribution in [-0.2, 0) is 9.53 Å². The number of carbonyl (C=O) groups is 1. The number of carbonyl (C=O) groups excluding carboxylic acids is 1. The van der Waals surface area contributed by atoms with E-state index in [1.54, 1.807) is 12.2 Å². The van der Waals surface area contributed by atoms with E-state index in [-0.39, 0.29) is 11.5 Å². The monoisotopic (exact) mass is 146 g/mol. The number of ketones is 1. The van der Waals surface area contributed by atoms with E-state index < -0.39 is 0 Å². The molecular weight excluding hydrogens is 139 g/mol. The van der Waals surface area contributed by atoms with E-state index in [1.807, 2.05) is 0 Å². The first-order valence-electron chi connectivity index (χ1n) is 3.14. The second kappa shape index (κ2) is 3.15. The minimum atomic E-state index is -0.155.